The van der Waals surface area contributed by atoms with Gasteiger partial charge in [0.15, 0.2) is 0 Å². The first-order valence-electron chi connectivity index (χ1n) is 8.43. The summed E-state index contributed by atoms with van der Waals surface area (Å²) in [4.78, 5) is 0. The number of aryl methyl sites for hydroxylation is 2. The maximum absolute atomic E-state index is 2.42. The van der Waals surface area contributed by atoms with Crippen LogP contribution >= 0.6 is 0 Å². The van der Waals surface area contributed by atoms with Crippen LogP contribution in [0.15, 0.2) is 48.5 Å². The van der Waals surface area contributed by atoms with Crippen molar-refractivity contribution in [2.24, 2.45) is 0 Å². The van der Waals surface area contributed by atoms with Gasteiger partial charge in [-0.15, -0.1) is 0 Å². The molecule has 0 heterocycles. The van der Waals surface area contributed by atoms with Crippen molar-refractivity contribution >= 4 is 8.80 Å². The molecule has 1 radical (unpaired) electrons. The van der Waals surface area contributed by atoms with E-state index in [0.29, 0.717) is 0 Å². The van der Waals surface area contributed by atoms with E-state index in [4.69, 9.17) is 0 Å². The molecule has 0 nitrogen and oxygen atoms in total. The predicted octanol–water partition coefficient (Wildman–Crippen LogP) is 6.23. The molecule has 0 aromatic heterocycles. The Balaban J connectivity index is 0.000000622. The summed E-state index contributed by atoms with van der Waals surface area (Å²) in [6.07, 6.45) is 8.10. The van der Waals surface area contributed by atoms with Crippen LogP contribution in [-0.2, 0) is 29.9 Å². The Hall–Kier alpha value is -0.564. The van der Waals surface area contributed by atoms with E-state index in [9.17, 15) is 0 Å². The molecule has 2 aromatic rings. The third-order valence-corrected chi connectivity index (χ3v) is 5.06. The summed E-state index contributed by atoms with van der Waals surface area (Å²) in [7, 11) is 0.0151. The van der Waals surface area contributed by atoms with Gasteiger partial charge >= 0.3 is 17.1 Å². The Labute approximate surface area is 150 Å². The second kappa shape index (κ2) is 14.1. The molecule has 0 aliphatic rings. The first-order valence-corrected chi connectivity index (χ1v) is 11.1. The summed E-state index contributed by atoms with van der Waals surface area (Å²) in [5, 5.41) is 0. The summed E-state index contributed by atoms with van der Waals surface area (Å²) >= 11 is 0. The second-order valence-electron chi connectivity index (χ2n) is 6.06. The van der Waals surface area contributed by atoms with Crippen LogP contribution in [0.5, 0.6) is 0 Å². The molecular formula is C20H31FeSi. The summed E-state index contributed by atoms with van der Waals surface area (Å²) in [5.41, 5.74) is 3.21. The number of rotatable bonds is 8. The Morgan fingerprint density at radius 1 is 1.05 bits per heavy atom. The van der Waals surface area contributed by atoms with Crippen molar-refractivity contribution in [1.29, 1.82) is 0 Å². The molecule has 0 saturated heterocycles. The van der Waals surface area contributed by atoms with Gasteiger partial charge in [-0.1, -0.05) is 64.6 Å². The molecule has 0 bridgehead atoms. The molecule has 0 saturated carbocycles. The van der Waals surface area contributed by atoms with E-state index in [0.717, 1.165) is 0 Å². The van der Waals surface area contributed by atoms with E-state index in [1.54, 1.807) is 11.1 Å². The molecule has 0 spiro atoms. The molecule has 2 aromatic carbocycles. The number of hydrogen-bond acceptors (Lipinski definition) is 0. The minimum Gasteiger partial charge on any atom is -0.214 e. The van der Waals surface area contributed by atoms with Crippen molar-refractivity contribution in [3.05, 3.63) is 59.7 Å². The van der Waals surface area contributed by atoms with Crippen LogP contribution in [-0.4, -0.2) is 8.80 Å². The molecule has 0 unspecified atom stereocenters. The fourth-order valence-corrected chi connectivity index (χ4v) is 3.50. The van der Waals surface area contributed by atoms with Crippen LogP contribution in [0.1, 0.15) is 43.7 Å². The van der Waals surface area contributed by atoms with Gasteiger partial charge in [0.2, 0.25) is 0 Å². The van der Waals surface area contributed by atoms with Gasteiger partial charge < -0.3 is 0 Å². The van der Waals surface area contributed by atoms with E-state index in [-0.39, 0.29) is 25.9 Å². The average molecular weight is 355 g/mol. The van der Waals surface area contributed by atoms with E-state index < -0.39 is 0 Å². The zero-order chi connectivity index (χ0) is 15.3. The molecule has 2 rings (SSSR count). The SMILES string of the molecule is CCCc1ccc[c-]1CCCCC[Si](C)C.[Fe+2].c1cc[cH-]c1. The molecule has 0 fully saturated rings. The van der Waals surface area contributed by atoms with Crippen LogP contribution < -0.4 is 0 Å². The monoisotopic (exact) mass is 355 g/mol. The maximum Gasteiger partial charge on any atom is 2.00 e. The molecular weight excluding hydrogens is 324 g/mol. The normalized spacial score (nSPS) is 10.0. The first kappa shape index (κ1) is 21.4. The fourth-order valence-electron chi connectivity index (χ4n) is 2.54. The molecule has 0 aliphatic carbocycles. The zero-order valence-electron chi connectivity index (χ0n) is 14.4. The number of hydrogen-bond donors (Lipinski definition) is 0. The second-order valence-corrected chi connectivity index (χ2v) is 8.97. The summed E-state index contributed by atoms with van der Waals surface area (Å²) in [6, 6.07) is 18.3. The fraction of sp³-hybridized carbons (Fsp3) is 0.500. The van der Waals surface area contributed by atoms with E-state index in [1.165, 1.54) is 44.6 Å². The zero-order valence-corrected chi connectivity index (χ0v) is 16.5. The molecule has 22 heavy (non-hydrogen) atoms. The summed E-state index contributed by atoms with van der Waals surface area (Å²) in [6.45, 7) is 7.10. The minimum atomic E-state index is 0. The van der Waals surface area contributed by atoms with Gasteiger partial charge in [0, 0.05) is 8.80 Å². The van der Waals surface area contributed by atoms with Gasteiger partial charge in [-0.2, -0.15) is 35.4 Å². The quantitative estimate of drug-likeness (QED) is 0.299. The Kier molecular flexibility index (Phi) is 13.7. The number of unbranched alkanes of at least 4 members (excludes halogenated alkanes) is 2. The molecule has 123 valence electrons. The maximum atomic E-state index is 2.42. The van der Waals surface area contributed by atoms with E-state index in [1.807, 2.05) is 30.3 Å². The van der Waals surface area contributed by atoms with Gasteiger partial charge in [-0.25, -0.2) is 24.3 Å². The molecule has 0 atom stereocenters. The van der Waals surface area contributed by atoms with Crippen LogP contribution in [0.3, 0.4) is 0 Å². The third kappa shape index (κ3) is 10.2. The predicted molar refractivity (Wildman–Crippen MR) is 97.9 cm³/mol. The van der Waals surface area contributed by atoms with Crippen LogP contribution in [0.4, 0.5) is 0 Å². The van der Waals surface area contributed by atoms with Crippen molar-refractivity contribution < 1.29 is 17.1 Å². The van der Waals surface area contributed by atoms with Crippen LogP contribution in [0.25, 0.3) is 0 Å². The van der Waals surface area contributed by atoms with Crippen molar-refractivity contribution in [2.75, 3.05) is 0 Å². The van der Waals surface area contributed by atoms with Crippen molar-refractivity contribution in [3.63, 3.8) is 0 Å². The largest absolute Gasteiger partial charge is 2.00 e. The van der Waals surface area contributed by atoms with E-state index in [2.05, 4.69) is 38.2 Å². The molecule has 2 heteroatoms. The van der Waals surface area contributed by atoms with Crippen molar-refractivity contribution in [2.45, 2.75) is 64.6 Å². The molecule has 0 aliphatic heterocycles. The van der Waals surface area contributed by atoms with Gasteiger partial charge in [-0.05, 0) is 0 Å². The minimum absolute atomic E-state index is 0. The van der Waals surface area contributed by atoms with Crippen molar-refractivity contribution in [1.82, 2.24) is 0 Å². The van der Waals surface area contributed by atoms with Crippen LogP contribution in [0, 0.1) is 0 Å². The Morgan fingerprint density at radius 3 is 2.32 bits per heavy atom. The molecule has 0 amide bonds. The smallest absolute Gasteiger partial charge is 0.214 e. The van der Waals surface area contributed by atoms with Gasteiger partial charge in [0.1, 0.15) is 0 Å². The Morgan fingerprint density at radius 2 is 1.77 bits per heavy atom. The standard InChI is InChI=1S/C15H26Si.C5H5.Fe/c1-4-9-14-11-8-12-15(14)10-6-5-7-13-16(2)3;1-2-4-5-3-1;/h8,11-12H,4-7,9-10,13H2,1-3H3;1-5H;/q2*-1;+2. The third-order valence-electron chi connectivity index (χ3n) is 3.71. The van der Waals surface area contributed by atoms with Crippen LogP contribution in [0.2, 0.25) is 19.1 Å². The molecule has 0 N–H and O–H groups in total. The Bertz CT molecular complexity index is 411. The first-order chi connectivity index (χ1) is 10.2. The summed E-state index contributed by atoms with van der Waals surface area (Å²) < 4.78 is 0. The average Bonchev–Trinajstić information content (AvgIpc) is 3.13. The van der Waals surface area contributed by atoms with E-state index >= 15 is 0 Å². The van der Waals surface area contributed by atoms with Crippen molar-refractivity contribution in [3.8, 4) is 0 Å². The van der Waals surface area contributed by atoms with Gasteiger partial charge in [0.05, 0.1) is 0 Å². The van der Waals surface area contributed by atoms with Gasteiger partial charge in [0.25, 0.3) is 0 Å². The van der Waals surface area contributed by atoms with Gasteiger partial charge in [-0.3, -0.25) is 0 Å². The topological polar surface area (TPSA) is 0 Å². The summed E-state index contributed by atoms with van der Waals surface area (Å²) in [5.74, 6) is 0.